The Kier molecular flexibility index (Phi) is 3.67. The second kappa shape index (κ2) is 5.23. The van der Waals surface area contributed by atoms with Crippen molar-refractivity contribution in [3.8, 4) is 5.75 Å². The van der Waals surface area contributed by atoms with Crippen LogP contribution in [0.2, 0.25) is 5.15 Å². The standard InChI is InChI=1S/C13H13ClN2O2/c1-9-7-12(17)16(15-13(9)14)8-10-3-5-11(18-2)6-4-10/h3-7H,8H2,1-2H3. The van der Waals surface area contributed by atoms with E-state index in [4.69, 9.17) is 16.3 Å². The van der Waals surface area contributed by atoms with E-state index in [0.717, 1.165) is 11.3 Å². The summed E-state index contributed by atoms with van der Waals surface area (Å²) in [7, 11) is 1.61. The van der Waals surface area contributed by atoms with Crippen LogP contribution in [0.3, 0.4) is 0 Å². The molecule has 2 aromatic rings. The molecule has 4 nitrogen and oxygen atoms in total. The van der Waals surface area contributed by atoms with E-state index in [0.29, 0.717) is 17.3 Å². The first-order valence-electron chi connectivity index (χ1n) is 5.47. The van der Waals surface area contributed by atoms with Crippen molar-refractivity contribution in [1.82, 2.24) is 9.78 Å². The second-order valence-corrected chi connectivity index (χ2v) is 4.32. The Labute approximate surface area is 110 Å². The molecule has 5 heteroatoms. The topological polar surface area (TPSA) is 44.1 Å². The summed E-state index contributed by atoms with van der Waals surface area (Å²) in [5.41, 5.74) is 1.49. The maximum atomic E-state index is 11.7. The van der Waals surface area contributed by atoms with Crippen molar-refractivity contribution < 1.29 is 4.74 Å². The van der Waals surface area contributed by atoms with Gasteiger partial charge in [0, 0.05) is 6.07 Å². The lowest BCUT2D eigenvalue weighted by atomic mass is 10.2. The number of methoxy groups -OCH3 is 1. The Hall–Kier alpha value is -1.81. The summed E-state index contributed by atoms with van der Waals surface area (Å²) in [5.74, 6) is 0.779. The summed E-state index contributed by atoms with van der Waals surface area (Å²) in [6.07, 6.45) is 0. The summed E-state index contributed by atoms with van der Waals surface area (Å²) in [5, 5.41) is 4.40. The van der Waals surface area contributed by atoms with Gasteiger partial charge in [-0.25, -0.2) is 4.68 Å². The van der Waals surface area contributed by atoms with Crippen LogP contribution in [0.1, 0.15) is 11.1 Å². The van der Waals surface area contributed by atoms with Gasteiger partial charge in [0.05, 0.1) is 13.7 Å². The molecule has 0 aliphatic heterocycles. The van der Waals surface area contributed by atoms with E-state index in [1.807, 2.05) is 24.3 Å². The van der Waals surface area contributed by atoms with Crippen molar-refractivity contribution in [3.05, 3.63) is 57.0 Å². The van der Waals surface area contributed by atoms with E-state index >= 15 is 0 Å². The summed E-state index contributed by atoms with van der Waals surface area (Å²) >= 11 is 5.91. The number of aryl methyl sites for hydroxylation is 1. The van der Waals surface area contributed by atoms with Crippen LogP contribution in [0.4, 0.5) is 0 Å². The average molecular weight is 265 g/mol. The number of aromatic nitrogens is 2. The number of nitrogens with zero attached hydrogens (tertiary/aromatic N) is 2. The van der Waals surface area contributed by atoms with Gasteiger partial charge in [0.25, 0.3) is 5.56 Å². The molecule has 0 unspecified atom stereocenters. The zero-order valence-electron chi connectivity index (χ0n) is 10.2. The summed E-state index contributed by atoms with van der Waals surface area (Å²) in [4.78, 5) is 11.7. The Morgan fingerprint density at radius 3 is 2.61 bits per heavy atom. The molecule has 0 saturated carbocycles. The summed E-state index contributed by atoms with van der Waals surface area (Å²) in [6.45, 7) is 2.15. The normalized spacial score (nSPS) is 10.4. The largest absolute Gasteiger partial charge is 0.497 e. The highest BCUT2D eigenvalue weighted by Gasteiger charge is 2.04. The number of benzene rings is 1. The van der Waals surface area contributed by atoms with Crippen LogP contribution in [0.5, 0.6) is 5.75 Å². The quantitative estimate of drug-likeness (QED) is 0.854. The zero-order chi connectivity index (χ0) is 13.1. The van der Waals surface area contributed by atoms with Crippen LogP contribution < -0.4 is 10.3 Å². The van der Waals surface area contributed by atoms with Crippen molar-refractivity contribution in [2.75, 3.05) is 7.11 Å². The fourth-order valence-corrected chi connectivity index (χ4v) is 1.72. The zero-order valence-corrected chi connectivity index (χ0v) is 10.9. The predicted octanol–water partition coefficient (Wildman–Crippen LogP) is 2.26. The lowest BCUT2D eigenvalue weighted by molar-refractivity contribution is 0.414. The SMILES string of the molecule is COc1ccc(Cn2nc(Cl)c(C)cc2=O)cc1. The first-order valence-corrected chi connectivity index (χ1v) is 5.85. The van der Waals surface area contributed by atoms with Crippen molar-refractivity contribution in [3.63, 3.8) is 0 Å². The van der Waals surface area contributed by atoms with E-state index < -0.39 is 0 Å². The monoisotopic (exact) mass is 264 g/mol. The molecule has 0 bridgehead atoms. The molecule has 0 spiro atoms. The van der Waals surface area contributed by atoms with Gasteiger partial charge in [-0.05, 0) is 30.2 Å². The minimum Gasteiger partial charge on any atom is -0.497 e. The van der Waals surface area contributed by atoms with Crippen LogP contribution in [0.15, 0.2) is 35.1 Å². The maximum absolute atomic E-state index is 11.7. The molecule has 0 aliphatic rings. The van der Waals surface area contributed by atoms with Crippen molar-refractivity contribution in [2.24, 2.45) is 0 Å². The number of rotatable bonds is 3. The van der Waals surface area contributed by atoms with E-state index in [1.54, 1.807) is 14.0 Å². The molecule has 0 radical (unpaired) electrons. The molecule has 1 aromatic carbocycles. The van der Waals surface area contributed by atoms with Crippen molar-refractivity contribution in [1.29, 1.82) is 0 Å². The van der Waals surface area contributed by atoms with Gasteiger partial charge in [0.2, 0.25) is 0 Å². The van der Waals surface area contributed by atoms with Crippen LogP contribution in [-0.4, -0.2) is 16.9 Å². The van der Waals surface area contributed by atoms with E-state index in [9.17, 15) is 4.79 Å². The highest BCUT2D eigenvalue weighted by atomic mass is 35.5. The molecule has 0 fully saturated rings. The highest BCUT2D eigenvalue weighted by Crippen LogP contribution is 2.12. The molecule has 18 heavy (non-hydrogen) atoms. The molecule has 1 aromatic heterocycles. The fraction of sp³-hybridized carbons (Fsp3) is 0.231. The molecule has 0 aliphatic carbocycles. The maximum Gasteiger partial charge on any atom is 0.267 e. The minimum absolute atomic E-state index is 0.160. The number of halogens is 1. The van der Waals surface area contributed by atoms with Crippen LogP contribution >= 0.6 is 11.6 Å². The van der Waals surface area contributed by atoms with Crippen LogP contribution in [0.25, 0.3) is 0 Å². The second-order valence-electron chi connectivity index (χ2n) is 3.96. The van der Waals surface area contributed by atoms with E-state index in [1.165, 1.54) is 10.7 Å². The Morgan fingerprint density at radius 1 is 1.33 bits per heavy atom. The van der Waals surface area contributed by atoms with Gasteiger partial charge in [0.15, 0.2) is 5.15 Å². The third kappa shape index (κ3) is 2.71. The lowest BCUT2D eigenvalue weighted by Crippen LogP contribution is -2.23. The van der Waals surface area contributed by atoms with Crippen molar-refractivity contribution in [2.45, 2.75) is 13.5 Å². The van der Waals surface area contributed by atoms with E-state index in [2.05, 4.69) is 5.10 Å². The van der Waals surface area contributed by atoms with Gasteiger partial charge >= 0.3 is 0 Å². The van der Waals surface area contributed by atoms with Gasteiger partial charge < -0.3 is 4.74 Å². The van der Waals surface area contributed by atoms with Gasteiger partial charge in [-0.3, -0.25) is 4.79 Å². The average Bonchev–Trinajstić information content (AvgIpc) is 2.37. The van der Waals surface area contributed by atoms with E-state index in [-0.39, 0.29) is 5.56 Å². The first kappa shape index (κ1) is 12.6. The third-order valence-electron chi connectivity index (χ3n) is 2.62. The first-order chi connectivity index (χ1) is 8.60. The molecule has 0 atom stereocenters. The summed E-state index contributed by atoms with van der Waals surface area (Å²) in [6, 6.07) is 8.95. The van der Waals surface area contributed by atoms with Gasteiger partial charge in [-0.15, -0.1) is 0 Å². The van der Waals surface area contributed by atoms with Gasteiger partial charge in [-0.2, -0.15) is 5.10 Å². The number of hydrogen-bond acceptors (Lipinski definition) is 3. The molecule has 94 valence electrons. The molecular weight excluding hydrogens is 252 g/mol. The summed E-state index contributed by atoms with van der Waals surface area (Å²) < 4.78 is 6.42. The smallest absolute Gasteiger partial charge is 0.267 e. The Balaban J connectivity index is 2.28. The minimum atomic E-state index is -0.160. The van der Waals surface area contributed by atoms with Crippen LogP contribution in [-0.2, 0) is 6.54 Å². The third-order valence-corrected chi connectivity index (χ3v) is 2.99. The molecule has 0 N–H and O–H groups in total. The molecule has 2 rings (SSSR count). The van der Waals surface area contributed by atoms with Crippen LogP contribution in [0, 0.1) is 6.92 Å². The number of ether oxygens (including phenoxy) is 1. The molecular formula is C13H13ClN2O2. The highest BCUT2D eigenvalue weighted by molar-refractivity contribution is 6.30. The van der Waals surface area contributed by atoms with Crippen molar-refractivity contribution >= 4 is 11.6 Å². The molecule has 0 amide bonds. The predicted molar refractivity (Wildman–Crippen MR) is 70.3 cm³/mol. The fourth-order valence-electron chi connectivity index (χ4n) is 1.57. The number of hydrogen-bond donors (Lipinski definition) is 0. The lowest BCUT2D eigenvalue weighted by Gasteiger charge is -2.07. The molecule has 0 saturated heterocycles. The van der Waals surface area contributed by atoms with Gasteiger partial charge in [0.1, 0.15) is 5.75 Å². The van der Waals surface area contributed by atoms with Gasteiger partial charge in [-0.1, -0.05) is 23.7 Å². The Bertz CT molecular complexity index is 605. The molecule has 1 heterocycles. The Morgan fingerprint density at radius 2 is 2.00 bits per heavy atom.